The molecule has 23 heavy (non-hydrogen) atoms. The molecule has 3 rings (SSSR count). The van der Waals surface area contributed by atoms with Crippen molar-refractivity contribution in [3.8, 4) is 0 Å². The largest absolute Gasteiger partial charge is 0.394 e. The SMILES string of the molecule is Cc1ccc(S(=O)(=O)[C@]2([C@H](O)c3ccccc3)O[C@H]2CO)cc1. The van der Waals surface area contributed by atoms with Gasteiger partial charge in [0.1, 0.15) is 12.2 Å². The Labute approximate surface area is 135 Å². The Morgan fingerprint density at radius 1 is 1.13 bits per heavy atom. The van der Waals surface area contributed by atoms with Crippen LogP contribution in [0.5, 0.6) is 0 Å². The number of aliphatic hydroxyl groups excluding tert-OH is 2. The minimum absolute atomic E-state index is 0.0639. The molecule has 2 aromatic rings. The van der Waals surface area contributed by atoms with E-state index in [0.29, 0.717) is 5.56 Å². The van der Waals surface area contributed by atoms with Gasteiger partial charge in [0.05, 0.1) is 11.5 Å². The second-order valence-corrected chi connectivity index (χ2v) is 7.76. The van der Waals surface area contributed by atoms with Gasteiger partial charge in [-0.15, -0.1) is 0 Å². The number of rotatable bonds is 5. The van der Waals surface area contributed by atoms with Crippen LogP contribution in [0.25, 0.3) is 0 Å². The molecule has 0 bridgehead atoms. The van der Waals surface area contributed by atoms with Gasteiger partial charge in [0.2, 0.25) is 14.8 Å². The van der Waals surface area contributed by atoms with Crippen molar-refractivity contribution < 1.29 is 23.4 Å². The molecule has 0 saturated carbocycles. The smallest absolute Gasteiger partial charge is 0.232 e. The molecule has 0 radical (unpaired) electrons. The molecule has 3 atom stereocenters. The van der Waals surface area contributed by atoms with E-state index in [2.05, 4.69) is 0 Å². The number of aryl methyl sites for hydroxylation is 1. The maximum absolute atomic E-state index is 13.0. The molecule has 0 amide bonds. The summed E-state index contributed by atoms with van der Waals surface area (Å²) in [5.74, 6) is 0. The van der Waals surface area contributed by atoms with Gasteiger partial charge in [0, 0.05) is 0 Å². The van der Waals surface area contributed by atoms with Gasteiger partial charge in [0.25, 0.3) is 0 Å². The van der Waals surface area contributed by atoms with Crippen molar-refractivity contribution in [2.75, 3.05) is 6.61 Å². The molecule has 0 aliphatic carbocycles. The van der Waals surface area contributed by atoms with E-state index in [0.717, 1.165) is 5.56 Å². The summed E-state index contributed by atoms with van der Waals surface area (Å²) in [5.41, 5.74) is 1.36. The van der Waals surface area contributed by atoms with E-state index in [1.165, 1.54) is 12.1 Å². The van der Waals surface area contributed by atoms with Gasteiger partial charge in [-0.05, 0) is 24.6 Å². The molecular formula is C17H18O5S. The van der Waals surface area contributed by atoms with Crippen LogP contribution < -0.4 is 0 Å². The highest BCUT2D eigenvalue weighted by Crippen LogP contribution is 2.53. The molecule has 1 heterocycles. The lowest BCUT2D eigenvalue weighted by Crippen LogP contribution is -2.36. The number of benzene rings is 2. The van der Waals surface area contributed by atoms with Crippen molar-refractivity contribution in [2.45, 2.75) is 29.0 Å². The van der Waals surface area contributed by atoms with E-state index in [9.17, 15) is 18.6 Å². The van der Waals surface area contributed by atoms with Gasteiger partial charge in [-0.1, -0.05) is 48.0 Å². The lowest BCUT2D eigenvalue weighted by atomic mass is 10.0. The fourth-order valence-corrected chi connectivity index (χ4v) is 4.70. The Morgan fingerprint density at radius 2 is 1.74 bits per heavy atom. The summed E-state index contributed by atoms with van der Waals surface area (Å²) in [6.45, 7) is 1.38. The average Bonchev–Trinajstić information content (AvgIpc) is 3.32. The Bertz CT molecular complexity index is 785. The number of sulfone groups is 1. The van der Waals surface area contributed by atoms with Gasteiger partial charge >= 0.3 is 0 Å². The van der Waals surface area contributed by atoms with Crippen LogP contribution in [0.3, 0.4) is 0 Å². The summed E-state index contributed by atoms with van der Waals surface area (Å²) >= 11 is 0. The summed E-state index contributed by atoms with van der Waals surface area (Å²) in [6.07, 6.45) is -2.34. The van der Waals surface area contributed by atoms with E-state index < -0.39 is 33.6 Å². The molecule has 1 aliphatic heterocycles. The second kappa shape index (κ2) is 5.72. The van der Waals surface area contributed by atoms with Crippen molar-refractivity contribution in [3.05, 3.63) is 65.7 Å². The molecule has 1 saturated heterocycles. The van der Waals surface area contributed by atoms with E-state index in [4.69, 9.17) is 4.74 Å². The van der Waals surface area contributed by atoms with Crippen molar-refractivity contribution in [1.82, 2.24) is 0 Å². The predicted molar refractivity (Wildman–Crippen MR) is 84.5 cm³/mol. The number of epoxide rings is 1. The van der Waals surface area contributed by atoms with Gasteiger partial charge in [-0.3, -0.25) is 0 Å². The Kier molecular flexibility index (Phi) is 4.01. The third-order valence-corrected chi connectivity index (χ3v) is 6.45. The fourth-order valence-electron chi connectivity index (χ4n) is 2.75. The van der Waals surface area contributed by atoms with Crippen molar-refractivity contribution in [1.29, 1.82) is 0 Å². The highest BCUT2D eigenvalue weighted by molar-refractivity contribution is 7.93. The first kappa shape index (κ1) is 16.1. The highest BCUT2D eigenvalue weighted by atomic mass is 32.2. The van der Waals surface area contributed by atoms with Crippen LogP contribution in [0, 0.1) is 6.92 Å². The molecule has 1 fully saturated rings. The molecule has 5 nitrogen and oxygen atoms in total. The van der Waals surface area contributed by atoms with Crippen LogP contribution >= 0.6 is 0 Å². The van der Waals surface area contributed by atoms with Crippen molar-refractivity contribution in [2.24, 2.45) is 0 Å². The van der Waals surface area contributed by atoms with Gasteiger partial charge < -0.3 is 14.9 Å². The highest BCUT2D eigenvalue weighted by Gasteiger charge is 2.71. The third kappa shape index (κ3) is 2.48. The van der Waals surface area contributed by atoms with E-state index in [-0.39, 0.29) is 4.90 Å². The summed E-state index contributed by atoms with van der Waals surface area (Å²) in [6, 6.07) is 14.8. The van der Waals surface area contributed by atoms with Crippen LogP contribution in [-0.2, 0) is 14.6 Å². The first-order valence-corrected chi connectivity index (χ1v) is 8.75. The van der Waals surface area contributed by atoms with Gasteiger partial charge in [0.15, 0.2) is 0 Å². The molecule has 1 aliphatic rings. The van der Waals surface area contributed by atoms with Crippen molar-refractivity contribution >= 4 is 9.84 Å². The van der Waals surface area contributed by atoms with Crippen LogP contribution in [0.4, 0.5) is 0 Å². The molecule has 2 N–H and O–H groups in total. The number of ether oxygens (including phenoxy) is 1. The normalized spacial score (nSPS) is 25.1. The Hall–Kier alpha value is -1.73. The molecule has 6 heteroatoms. The Morgan fingerprint density at radius 3 is 2.26 bits per heavy atom. The van der Waals surface area contributed by atoms with E-state index in [1.54, 1.807) is 42.5 Å². The summed E-state index contributed by atoms with van der Waals surface area (Å²) in [4.78, 5) is -1.78. The molecule has 2 aromatic carbocycles. The topological polar surface area (TPSA) is 87.1 Å². The lowest BCUT2D eigenvalue weighted by molar-refractivity contribution is 0.116. The number of hydrogen-bond donors (Lipinski definition) is 2. The predicted octanol–water partition coefficient (Wildman–Crippen LogP) is 1.59. The van der Waals surface area contributed by atoms with Crippen LogP contribution in [0.2, 0.25) is 0 Å². The maximum atomic E-state index is 13.0. The number of aliphatic hydroxyl groups is 2. The fraction of sp³-hybridized carbons (Fsp3) is 0.294. The minimum atomic E-state index is -3.99. The van der Waals surface area contributed by atoms with Gasteiger partial charge in [-0.2, -0.15) is 0 Å². The maximum Gasteiger partial charge on any atom is 0.232 e. The number of hydrogen-bond acceptors (Lipinski definition) is 5. The zero-order chi connectivity index (χ0) is 16.7. The summed E-state index contributed by atoms with van der Waals surface area (Å²) < 4.78 is 31.4. The summed E-state index contributed by atoms with van der Waals surface area (Å²) in [7, 11) is -3.99. The second-order valence-electron chi connectivity index (χ2n) is 5.64. The molecule has 0 aromatic heterocycles. The lowest BCUT2D eigenvalue weighted by Gasteiger charge is -2.21. The first-order valence-electron chi connectivity index (χ1n) is 7.26. The van der Waals surface area contributed by atoms with E-state index in [1.807, 2.05) is 6.92 Å². The summed E-state index contributed by atoms with van der Waals surface area (Å²) in [5, 5.41) is 20.0. The third-order valence-electron chi connectivity index (χ3n) is 4.13. The van der Waals surface area contributed by atoms with Crippen molar-refractivity contribution in [3.63, 3.8) is 0 Å². The van der Waals surface area contributed by atoms with Crippen LogP contribution in [0.1, 0.15) is 17.2 Å². The average molecular weight is 334 g/mol. The van der Waals surface area contributed by atoms with E-state index >= 15 is 0 Å². The molecule has 0 unspecified atom stereocenters. The monoisotopic (exact) mass is 334 g/mol. The molecule has 122 valence electrons. The molecule has 0 spiro atoms. The van der Waals surface area contributed by atoms with Crippen LogP contribution in [-0.4, -0.2) is 36.3 Å². The minimum Gasteiger partial charge on any atom is -0.394 e. The van der Waals surface area contributed by atoms with Gasteiger partial charge in [-0.25, -0.2) is 8.42 Å². The first-order chi connectivity index (χ1) is 10.9. The Balaban J connectivity index is 2.07. The zero-order valence-corrected chi connectivity index (χ0v) is 13.4. The zero-order valence-electron chi connectivity index (χ0n) is 12.6. The standard InChI is InChI=1S/C17H18O5S/c1-12-7-9-14(10-8-12)23(20,21)17(15(11-18)22-17)16(19)13-5-3-2-4-6-13/h2-10,15-16,18-19H,11H2,1H3/t15-,16+,17+/m0/s1. The molecular weight excluding hydrogens is 316 g/mol. The quantitative estimate of drug-likeness (QED) is 0.811. The van der Waals surface area contributed by atoms with Crippen LogP contribution in [0.15, 0.2) is 59.5 Å².